The van der Waals surface area contributed by atoms with Gasteiger partial charge in [-0.15, -0.1) is 0 Å². The number of carbonyl (C=O) groups is 2. The molecule has 0 aromatic carbocycles. The van der Waals surface area contributed by atoms with Crippen LogP contribution in [0.4, 0.5) is 4.79 Å². The number of hydrogen-bond acceptors (Lipinski definition) is 4. The van der Waals surface area contributed by atoms with Gasteiger partial charge in [0.25, 0.3) is 0 Å². The number of hydrogen-bond donors (Lipinski definition) is 2. The van der Waals surface area contributed by atoms with E-state index in [2.05, 4.69) is 34.3 Å². The summed E-state index contributed by atoms with van der Waals surface area (Å²) in [5, 5.41) is 5.43. The van der Waals surface area contributed by atoms with E-state index >= 15 is 0 Å². The van der Waals surface area contributed by atoms with Gasteiger partial charge in [0.05, 0.1) is 6.54 Å². The molecule has 22 heavy (non-hydrogen) atoms. The molecule has 2 unspecified atom stereocenters. The van der Waals surface area contributed by atoms with Gasteiger partial charge in [0.15, 0.2) is 0 Å². The highest BCUT2D eigenvalue weighted by Crippen LogP contribution is 2.23. The van der Waals surface area contributed by atoms with Crippen LogP contribution >= 0.6 is 0 Å². The monoisotopic (exact) mass is 310 g/mol. The lowest BCUT2D eigenvalue weighted by atomic mass is 9.86. The van der Waals surface area contributed by atoms with Crippen molar-refractivity contribution in [2.24, 2.45) is 5.92 Å². The second-order valence-electron chi connectivity index (χ2n) is 6.60. The molecule has 0 spiro atoms. The maximum atomic E-state index is 12.0. The summed E-state index contributed by atoms with van der Waals surface area (Å²) >= 11 is 0. The smallest absolute Gasteiger partial charge is 0.321 e. The number of rotatable bonds is 4. The maximum absolute atomic E-state index is 12.0. The molecule has 2 aliphatic rings. The van der Waals surface area contributed by atoms with Crippen LogP contribution in [0.25, 0.3) is 0 Å². The number of nitrogens with zero attached hydrogens (tertiary/aromatic N) is 2. The Morgan fingerprint density at radius 1 is 1.05 bits per heavy atom. The Kier molecular flexibility index (Phi) is 6.64. The molecule has 3 amide bonds. The lowest BCUT2D eigenvalue weighted by molar-refractivity contribution is -0.121. The summed E-state index contributed by atoms with van der Waals surface area (Å²) in [5.74, 6) is 0.294. The first-order valence-corrected chi connectivity index (χ1v) is 8.63. The first-order chi connectivity index (χ1) is 10.6. The molecule has 0 bridgehead atoms. The number of amides is 3. The van der Waals surface area contributed by atoms with Gasteiger partial charge in [-0.05, 0) is 25.3 Å². The summed E-state index contributed by atoms with van der Waals surface area (Å²) < 4.78 is 0. The van der Waals surface area contributed by atoms with Gasteiger partial charge < -0.3 is 10.2 Å². The third-order valence-corrected chi connectivity index (χ3v) is 4.96. The summed E-state index contributed by atoms with van der Waals surface area (Å²) in [4.78, 5) is 28.4. The summed E-state index contributed by atoms with van der Waals surface area (Å²) in [7, 11) is 0. The van der Waals surface area contributed by atoms with E-state index in [1.807, 2.05) is 0 Å². The molecule has 1 aliphatic carbocycles. The number of piperazine rings is 1. The van der Waals surface area contributed by atoms with Crippen LogP contribution in [0.3, 0.4) is 0 Å². The van der Waals surface area contributed by atoms with E-state index in [1.165, 1.54) is 6.42 Å². The van der Waals surface area contributed by atoms with Crippen LogP contribution in [0.15, 0.2) is 0 Å². The maximum Gasteiger partial charge on any atom is 0.321 e. The molecule has 2 fully saturated rings. The molecular weight excluding hydrogens is 280 g/mol. The third-order valence-electron chi connectivity index (χ3n) is 4.96. The number of nitrogens with one attached hydrogen (secondary N) is 2. The third kappa shape index (κ3) is 5.25. The van der Waals surface area contributed by atoms with Gasteiger partial charge >= 0.3 is 6.03 Å². The molecule has 2 atom stereocenters. The molecule has 2 rings (SSSR count). The van der Waals surface area contributed by atoms with Crippen LogP contribution in [0.2, 0.25) is 0 Å². The van der Waals surface area contributed by atoms with Crippen molar-refractivity contribution >= 4 is 11.9 Å². The summed E-state index contributed by atoms with van der Waals surface area (Å²) in [5.41, 5.74) is 0. The SMILES string of the molecule is CCN1CCN(CC(=O)NC(=O)NC2CCCCC2C)CC1. The molecule has 1 aliphatic heterocycles. The second kappa shape index (κ2) is 8.48. The van der Waals surface area contributed by atoms with Gasteiger partial charge in [0.2, 0.25) is 5.91 Å². The average molecular weight is 310 g/mol. The molecule has 1 saturated heterocycles. The second-order valence-corrected chi connectivity index (χ2v) is 6.60. The van der Waals surface area contributed by atoms with Crippen molar-refractivity contribution in [1.29, 1.82) is 0 Å². The molecule has 6 nitrogen and oxygen atoms in total. The Balaban J connectivity index is 1.67. The lowest BCUT2D eigenvalue weighted by Crippen LogP contribution is -2.52. The van der Waals surface area contributed by atoms with E-state index in [0.717, 1.165) is 52.0 Å². The zero-order chi connectivity index (χ0) is 15.9. The Morgan fingerprint density at radius 2 is 1.68 bits per heavy atom. The van der Waals surface area contributed by atoms with Crippen molar-refractivity contribution in [3.63, 3.8) is 0 Å². The van der Waals surface area contributed by atoms with Crippen LogP contribution in [-0.2, 0) is 4.79 Å². The number of carbonyl (C=O) groups excluding carboxylic acids is 2. The topological polar surface area (TPSA) is 64.7 Å². The fraction of sp³-hybridized carbons (Fsp3) is 0.875. The summed E-state index contributed by atoms with van der Waals surface area (Å²) in [6, 6.07) is -0.134. The van der Waals surface area contributed by atoms with E-state index in [4.69, 9.17) is 0 Å². The molecule has 6 heteroatoms. The minimum atomic E-state index is -0.337. The highest BCUT2D eigenvalue weighted by Gasteiger charge is 2.24. The zero-order valence-electron chi connectivity index (χ0n) is 13.9. The van der Waals surface area contributed by atoms with Crippen molar-refractivity contribution in [3.8, 4) is 0 Å². The molecule has 0 aromatic heterocycles. The number of urea groups is 1. The Morgan fingerprint density at radius 3 is 2.32 bits per heavy atom. The standard InChI is InChI=1S/C16H30N4O2/c1-3-19-8-10-20(11-9-19)12-15(21)18-16(22)17-14-7-5-4-6-13(14)2/h13-14H,3-12H2,1-2H3,(H2,17,18,21,22). The molecular formula is C16H30N4O2. The summed E-state index contributed by atoms with van der Waals surface area (Å²) in [6.07, 6.45) is 4.57. The predicted octanol–water partition coefficient (Wildman–Crippen LogP) is 1.03. The van der Waals surface area contributed by atoms with Crippen molar-refractivity contribution in [2.75, 3.05) is 39.3 Å². The Hall–Kier alpha value is -1.14. The normalized spacial score (nSPS) is 27.4. The van der Waals surface area contributed by atoms with Crippen LogP contribution in [-0.4, -0.2) is 67.0 Å². The first kappa shape index (κ1) is 17.2. The van der Waals surface area contributed by atoms with Crippen LogP contribution in [0, 0.1) is 5.92 Å². The van der Waals surface area contributed by atoms with Crippen LogP contribution in [0.5, 0.6) is 0 Å². The van der Waals surface area contributed by atoms with Gasteiger partial charge in [0.1, 0.15) is 0 Å². The van der Waals surface area contributed by atoms with Gasteiger partial charge in [-0.25, -0.2) is 4.79 Å². The molecule has 2 N–H and O–H groups in total. The fourth-order valence-corrected chi connectivity index (χ4v) is 3.37. The average Bonchev–Trinajstić information content (AvgIpc) is 2.50. The zero-order valence-corrected chi connectivity index (χ0v) is 13.9. The van der Waals surface area contributed by atoms with E-state index in [0.29, 0.717) is 12.5 Å². The van der Waals surface area contributed by atoms with E-state index in [-0.39, 0.29) is 18.0 Å². The minimum absolute atomic E-state index is 0.203. The fourth-order valence-electron chi connectivity index (χ4n) is 3.37. The number of imide groups is 1. The molecule has 0 aromatic rings. The van der Waals surface area contributed by atoms with Gasteiger partial charge in [-0.1, -0.05) is 26.7 Å². The molecule has 0 radical (unpaired) electrons. The van der Waals surface area contributed by atoms with Crippen molar-refractivity contribution in [2.45, 2.75) is 45.6 Å². The van der Waals surface area contributed by atoms with Crippen molar-refractivity contribution < 1.29 is 9.59 Å². The minimum Gasteiger partial charge on any atom is -0.335 e. The van der Waals surface area contributed by atoms with Crippen LogP contribution < -0.4 is 10.6 Å². The summed E-state index contributed by atoms with van der Waals surface area (Å²) in [6.45, 7) is 9.46. The first-order valence-electron chi connectivity index (χ1n) is 8.63. The van der Waals surface area contributed by atoms with Crippen molar-refractivity contribution in [3.05, 3.63) is 0 Å². The molecule has 1 heterocycles. The van der Waals surface area contributed by atoms with E-state index < -0.39 is 0 Å². The molecule has 1 saturated carbocycles. The lowest BCUT2D eigenvalue weighted by Gasteiger charge is -2.33. The molecule has 126 valence electrons. The van der Waals surface area contributed by atoms with E-state index in [9.17, 15) is 9.59 Å². The van der Waals surface area contributed by atoms with Gasteiger partial charge in [-0.2, -0.15) is 0 Å². The highest BCUT2D eigenvalue weighted by atomic mass is 16.2. The number of likely N-dealkylation sites (N-methyl/N-ethyl adjacent to an activating group) is 1. The predicted molar refractivity (Wildman–Crippen MR) is 86.6 cm³/mol. The van der Waals surface area contributed by atoms with Crippen molar-refractivity contribution in [1.82, 2.24) is 20.4 Å². The quantitative estimate of drug-likeness (QED) is 0.814. The van der Waals surface area contributed by atoms with Gasteiger partial charge in [0, 0.05) is 32.2 Å². The van der Waals surface area contributed by atoms with E-state index in [1.54, 1.807) is 0 Å². The Bertz CT molecular complexity index is 380. The Labute approximate surface area is 133 Å². The largest absolute Gasteiger partial charge is 0.335 e. The van der Waals surface area contributed by atoms with Gasteiger partial charge in [-0.3, -0.25) is 15.0 Å². The van der Waals surface area contributed by atoms with Crippen LogP contribution in [0.1, 0.15) is 39.5 Å². The highest BCUT2D eigenvalue weighted by molar-refractivity contribution is 5.95.